The summed E-state index contributed by atoms with van der Waals surface area (Å²) in [6, 6.07) is 6.58. The normalized spacial score (nSPS) is 16.0. The Morgan fingerprint density at radius 2 is 2.00 bits per heavy atom. The topological polar surface area (TPSA) is 79.2 Å². The Bertz CT molecular complexity index is 457. The zero-order chi connectivity index (χ0) is 15.1. The van der Waals surface area contributed by atoms with Crippen LogP contribution in [0.4, 0.5) is 0 Å². The summed E-state index contributed by atoms with van der Waals surface area (Å²) in [5, 5.41) is 18.3. The molecule has 0 spiro atoms. The molecule has 1 fully saturated rings. The zero-order valence-electron chi connectivity index (χ0n) is 11.9. The molecular weight excluding hydrogens is 274 g/mol. The van der Waals surface area contributed by atoms with Gasteiger partial charge >= 0.3 is 0 Å². The van der Waals surface area contributed by atoms with E-state index in [1.165, 1.54) is 6.07 Å². The Labute approximate surface area is 123 Å². The van der Waals surface area contributed by atoms with E-state index in [4.69, 9.17) is 14.6 Å². The minimum Gasteiger partial charge on any atom is -0.504 e. The second-order valence-corrected chi connectivity index (χ2v) is 4.93. The lowest BCUT2D eigenvalue weighted by atomic mass is 10.1. The molecule has 1 aromatic rings. The van der Waals surface area contributed by atoms with E-state index in [1.54, 1.807) is 23.1 Å². The molecule has 1 amide bonds. The second-order valence-electron chi connectivity index (χ2n) is 4.93. The van der Waals surface area contributed by atoms with Crippen molar-refractivity contribution in [2.24, 2.45) is 0 Å². The molecule has 0 aliphatic carbocycles. The first-order valence-electron chi connectivity index (χ1n) is 7.11. The Morgan fingerprint density at radius 3 is 2.67 bits per heavy atom. The van der Waals surface area contributed by atoms with Gasteiger partial charge in [-0.05, 0) is 25.0 Å². The third-order valence-electron chi connectivity index (χ3n) is 3.46. The maximum absolute atomic E-state index is 12.0. The highest BCUT2D eigenvalue weighted by Gasteiger charge is 2.23. The van der Waals surface area contributed by atoms with Gasteiger partial charge in [0.25, 0.3) is 5.91 Å². The third-order valence-corrected chi connectivity index (χ3v) is 3.46. The molecule has 1 heterocycles. The summed E-state index contributed by atoms with van der Waals surface area (Å²) in [6.45, 7) is 1.53. The highest BCUT2D eigenvalue weighted by Crippen LogP contribution is 2.24. The number of para-hydroxylation sites is 2. The SMILES string of the molecule is O=C(COc1ccccc1O)N1CCC(OCCO)CC1. The first-order valence-corrected chi connectivity index (χ1v) is 7.11. The number of amides is 1. The van der Waals surface area contributed by atoms with Crippen LogP contribution in [0.5, 0.6) is 11.5 Å². The molecular formula is C15H21NO5. The molecule has 6 nitrogen and oxygen atoms in total. The summed E-state index contributed by atoms with van der Waals surface area (Å²) < 4.78 is 10.8. The number of ether oxygens (including phenoxy) is 2. The minimum atomic E-state index is -0.0983. The first-order chi connectivity index (χ1) is 10.2. The fourth-order valence-corrected chi connectivity index (χ4v) is 2.30. The summed E-state index contributed by atoms with van der Waals surface area (Å²) in [4.78, 5) is 13.8. The number of phenolic OH excluding ortho intramolecular Hbond substituents is 1. The van der Waals surface area contributed by atoms with Gasteiger partial charge in [0.15, 0.2) is 18.1 Å². The van der Waals surface area contributed by atoms with E-state index in [0.29, 0.717) is 25.4 Å². The van der Waals surface area contributed by atoms with Gasteiger partial charge in [-0.25, -0.2) is 0 Å². The molecule has 0 radical (unpaired) electrons. The number of likely N-dealkylation sites (tertiary alicyclic amines) is 1. The van der Waals surface area contributed by atoms with E-state index in [0.717, 1.165) is 12.8 Å². The Kier molecular flexibility index (Phi) is 5.83. The molecule has 2 rings (SSSR count). The number of hydrogen-bond donors (Lipinski definition) is 2. The number of aliphatic hydroxyl groups excluding tert-OH is 1. The van der Waals surface area contributed by atoms with Crippen LogP contribution in [0, 0.1) is 0 Å². The van der Waals surface area contributed by atoms with Crippen LogP contribution < -0.4 is 4.74 Å². The quantitative estimate of drug-likeness (QED) is 0.810. The van der Waals surface area contributed by atoms with Crippen molar-refractivity contribution in [2.75, 3.05) is 32.9 Å². The average Bonchev–Trinajstić information content (AvgIpc) is 2.52. The van der Waals surface area contributed by atoms with E-state index in [-0.39, 0.29) is 31.0 Å². The molecule has 2 N–H and O–H groups in total. The van der Waals surface area contributed by atoms with Gasteiger partial charge in [-0.2, -0.15) is 0 Å². The first kappa shape index (κ1) is 15.6. The number of piperidine rings is 1. The maximum atomic E-state index is 12.0. The monoisotopic (exact) mass is 295 g/mol. The predicted molar refractivity (Wildman–Crippen MR) is 76.2 cm³/mol. The van der Waals surface area contributed by atoms with Crippen LogP contribution in [0.25, 0.3) is 0 Å². The number of phenols is 1. The van der Waals surface area contributed by atoms with Crippen molar-refractivity contribution in [1.82, 2.24) is 4.90 Å². The van der Waals surface area contributed by atoms with Crippen LogP contribution in [0.15, 0.2) is 24.3 Å². The highest BCUT2D eigenvalue weighted by molar-refractivity contribution is 5.78. The standard InChI is InChI=1S/C15H21NO5/c17-9-10-20-12-5-7-16(8-6-12)15(19)11-21-14-4-2-1-3-13(14)18/h1-4,12,17-18H,5-11H2. The number of rotatable bonds is 6. The van der Waals surface area contributed by atoms with Gasteiger partial charge < -0.3 is 24.6 Å². The lowest BCUT2D eigenvalue weighted by Gasteiger charge is -2.31. The molecule has 0 saturated carbocycles. The number of aromatic hydroxyl groups is 1. The van der Waals surface area contributed by atoms with Crippen LogP contribution >= 0.6 is 0 Å². The number of nitrogens with zero attached hydrogens (tertiary/aromatic N) is 1. The van der Waals surface area contributed by atoms with Crippen molar-refractivity contribution >= 4 is 5.91 Å². The van der Waals surface area contributed by atoms with Crippen LogP contribution in [0.3, 0.4) is 0 Å². The summed E-state index contributed by atoms with van der Waals surface area (Å²) in [5.41, 5.74) is 0. The van der Waals surface area contributed by atoms with Crippen molar-refractivity contribution in [1.29, 1.82) is 0 Å². The van der Waals surface area contributed by atoms with Crippen LogP contribution in [0.2, 0.25) is 0 Å². The van der Waals surface area contributed by atoms with E-state index < -0.39 is 0 Å². The van der Waals surface area contributed by atoms with Gasteiger partial charge in [-0.1, -0.05) is 12.1 Å². The molecule has 0 aromatic heterocycles. The molecule has 0 atom stereocenters. The fourth-order valence-electron chi connectivity index (χ4n) is 2.30. The van der Waals surface area contributed by atoms with Crippen LogP contribution in [-0.2, 0) is 9.53 Å². The van der Waals surface area contributed by atoms with E-state index in [9.17, 15) is 9.90 Å². The number of carbonyl (C=O) groups excluding carboxylic acids is 1. The zero-order valence-corrected chi connectivity index (χ0v) is 11.9. The largest absolute Gasteiger partial charge is 0.504 e. The summed E-state index contributed by atoms with van der Waals surface area (Å²) in [6.07, 6.45) is 1.64. The Morgan fingerprint density at radius 1 is 1.29 bits per heavy atom. The molecule has 116 valence electrons. The number of carbonyl (C=O) groups is 1. The summed E-state index contributed by atoms with van der Waals surface area (Å²) in [7, 11) is 0. The van der Waals surface area contributed by atoms with Gasteiger partial charge in [-0.3, -0.25) is 4.79 Å². The van der Waals surface area contributed by atoms with Crippen LogP contribution in [0.1, 0.15) is 12.8 Å². The van der Waals surface area contributed by atoms with Gasteiger partial charge in [0.05, 0.1) is 19.3 Å². The van der Waals surface area contributed by atoms with E-state index in [1.807, 2.05) is 0 Å². The lowest BCUT2D eigenvalue weighted by molar-refractivity contribution is -0.136. The molecule has 6 heteroatoms. The predicted octanol–water partition coefficient (Wildman–Crippen LogP) is 0.771. The fraction of sp³-hybridized carbons (Fsp3) is 0.533. The molecule has 0 unspecified atom stereocenters. The molecule has 1 aliphatic rings. The van der Waals surface area contributed by atoms with Gasteiger partial charge in [-0.15, -0.1) is 0 Å². The molecule has 0 bridgehead atoms. The third kappa shape index (κ3) is 4.61. The minimum absolute atomic E-state index is 0.0214. The van der Waals surface area contributed by atoms with Crippen molar-refractivity contribution in [3.8, 4) is 11.5 Å². The molecule has 21 heavy (non-hydrogen) atoms. The van der Waals surface area contributed by atoms with Crippen molar-refractivity contribution < 1.29 is 24.5 Å². The Balaban J connectivity index is 1.74. The number of benzene rings is 1. The van der Waals surface area contributed by atoms with E-state index >= 15 is 0 Å². The molecule has 1 aromatic carbocycles. The van der Waals surface area contributed by atoms with Crippen molar-refractivity contribution in [3.63, 3.8) is 0 Å². The summed E-state index contributed by atoms with van der Waals surface area (Å²) in [5.74, 6) is 0.243. The lowest BCUT2D eigenvalue weighted by Crippen LogP contribution is -2.43. The Hall–Kier alpha value is -1.79. The van der Waals surface area contributed by atoms with Crippen molar-refractivity contribution in [3.05, 3.63) is 24.3 Å². The average molecular weight is 295 g/mol. The number of hydrogen-bond acceptors (Lipinski definition) is 5. The molecule has 1 saturated heterocycles. The smallest absolute Gasteiger partial charge is 0.260 e. The van der Waals surface area contributed by atoms with E-state index in [2.05, 4.69) is 0 Å². The van der Waals surface area contributed by atoms with Crippen LogP contribution in [-0.4, -0.2) is 60.0 Å². The number of aliphatic hydroxyl groups is 1. The van der Waals surface area contributed by atoms with Gasteiger partial charge in [0.1, 0.15) is 0 Å². The summed E-state index contributed by atoms with van der Waals surface area (Å²) >= 11 is 0. The molecule has 1 aliphatic heterocycles. The van der Waals surface area contributed by atoms with Gasteiger partial charge in [0.2, 0.25) is 0 Å². The van der Waals surface area contributed by atoms with Gasteiger partial charge in [0, 0.05) is 13.1 Å². The maximum Gasteiger partial charge on any atom is 0.260 e. The van der Waals surface area contributed by atoms with Crippen molar-refractivity contribution in [2.45, 2.75) is 18.9 Å². The second kappa shape index (κ2) is 7.85. The highest BCUT2D eigenvalue weighted by atomic mass is 16.5.